The first kappa shape index (κ1) is 29.4. The van der Waals surface area contributed by atoms with Gasteiger partial charge in [0.25, 0.3) is 0 Å². The SMILES string of the molecule is CC(C)(C(=O)NC1CCCCC1)C(=O)N(c1ccc(Cl)c(Cl)c1)C(C(=O)NC1CCCCC1)c1ccccc1. The van der Waals surface area contributed by atoms with Gasteiger partial charge in [0.2, 0.25) is 17.7 Å². The summed E-state index contributed by atoms with van der Waals surface area (Å²) < 4.78 is 0. The summed E-state index contributed by atoms with van der Waals surface area (Å²) in [5.74, 6) is -1.11. The maximum Gasteiger partial charge on any atom is 0.248 e. The molecule has 0 radical (unpaired) electrons. The molecule has 6 nitrogen and oxygen atoms in total. The lowest BCUT2D eigenvalue weighted by Crippen LogP contribution is -2.55. The van der Waals surface area contributed by atoms with E-state index in [0.717, 1.165) is 64.2 Å². The van der Waals surface area contributed by atoms with Gasteiger partial charge in [-0.25, -0.2) is 0 Å². The third-order valence-corrected chi connectivity index (χ3v) is 8.76. The van der Waals surface area contributed by atoms with Gasteiger partial charge in [0.05, 0.1) is 10.0 Å². The van der Waals surface area contributed by atoms with Crippen LogP contribution < -0.4 is 15.5 Å². The summed E-state index contributed by atoms with van der Waals surface area (Å²) in [5, 5.41) is 6.91. The molecule has 39 heavy (non-hydrogen) atoms. The smallest absolute Gasteiger partial charge is 0.248 e. The third kappa shape index (κ3) is 7.15. The second-order valence-electron chi connectivity index (χ2n) is 11.4. The first-order valence-electron chi connectivity index (χ1n) is 14.1. The van der Waals surface area contributed by atoms with E-state index in [1.165, 1.54) is 4.90 Å². The molecule has 0 spiro atoms. The van der Waals surface area contributed by atoms with Crippen molar-refractivity contribution >= 4 is 46.6 Å². The van der Waals surface area contributed by atoms with Crippen molar-refractivity contribution in [2.45, 2.75) is 96.2 Å². The first-order valence-corrected chi connectivity index (χ1v) is 14.9. The highest BCUT2D eigenvalue weighted by Gasteiger charge is 2.45. The Morgan fingerprint density at radius 2 is 1.36 bits per heavy atom. The molecule has 2 fully saturated rings. The van der Waals surface area contributed by atoms with Gasteiger partial charge in [-0.1, -0.05) is 92.1 Å². The van der Waals surface area contributed by atoms with Gasteiger partial charge in [0.1, 0.15) is 11.5 Å². The number of carbonyl (C=O) groups is 3. The zero-order valence-electron chi connectivity index (χ0n) is 22.8. The van der Waals surface area contributed by atoms with E-state index < -0.39 is 17.4 Å². The molecule has 0 heterocycles. The second kappa shape index (κ2) is 13.2. The molecule has 2 aromatic rings. The van der Waals surface area contributed by atoms with Gasteiger partial charge in [-0.3, -0.25) is 19.3 Å². The maximum atomic E-state index is 14.5. The summed E-state index contributed by atoms with van der Waals surface area (Å²) in [4.78, 5) is 43.5. The van der Waals surface area contributed by atoms with E-state index in [-0.39, 0.29) is 28.9 Å². The van der Waals surface area contributed by atoms with Crippen LogP contribution in [0.5, 0.6) is 0 Å². The van der Waals surface area contributed by atoms with E-state index in [9.17, 15) is 14.4 Å². The summed E-state index contributed by atoms with van der Waals surface area (Å²) >= 11 is 12.6. The van der Waals surface area contributed by atoms with E-state index in [2.05, 4.69) is 10.6 Å². The minimum absolute atomic E-state index is 0.0471. The normalized spacial score (nSPS) is 17.7. The number of nitrogens with zero attached hydrogens (tertiary/aromatic N) is 1. The lowest BCUT2D eigenvalue weighted by Gasteiger charge is -2.38. The largest absolute Gasteiger partial charge is 0.352 e. The molecule has 3 amide bonds. The molecule has 2 N–H and O–H groups in total. The highest BCUT2D eigenvalue weighted by molar-refractivity contribution is 6.42. The average Bonchev–Trinajstić information content (AvgIpc) is 2.94. The van der Waals surface area contributed by atoms with Crippen LogP contribution in [0.25, 0.3) is 0 Å². The number of hydrogen-bond acceptors (Lipinski definition) is 3. The Labute approximate surface area is 241 Å². The molecule has 0 saturated heterocycles. The van der Waals surface area contributed by atoms with Crippen molar-refractivity contribution in [3.05, 3.63) is 64.1 Å². The number of halogens is 2. The van der Waals surface area contributed by atoms with Crippen molar-refractivity contribution in [2.24, 2.45) is 5.41 Å². The monoisotopic (exact) mass is 571 g/mol. The molecule has 0 bridgehead atoms. The fourth-order valence-corrected chi connectivity index (χ4v) is 5.90. The summed E-state index contributed by atoms with van der Waals surface area (Å²) in [6.07, 6.45) is 10.2. The van der Waals surface area contributed by atoms with Gasteiger partial charge in [-0.2, -0.15) is 0 Å². The Hall–Kier alpha value is -2.57. The molecule has 1 unspecified atom stereocenters. The summed E-state index contributed by atoms with van der Waals surface area (Å²) in [6.45, 7) is 3.25. The van der Waals surface area contributed by atoms with E-state index >= 15 is 0 Å². The van der Waals surface area contributed by atoms with Gasteiger partial charge >= 0.3 is 0 Å². The lowest BCUT2D eigenvalue weighted by molar-refractivity contribution is -0.141. The van der Waals surface area contributed by atoms with Crippen LogP contribution in [-0.2, 0) is 14.4 Å². The van der Waals surface area contributed by atoms with E-state index in [0.29, 0.717) is 16.3 Å². The maximum absolute atomic E-state index is 14.5. The van der Waals surface area contributed by atoms with Crippen LogP contribution in [0, 0.1) is 5.41 Å². The molecule has 2 aliphatic carbocycles. The van der Waals surface area contributed by atoms with Gasteiger partial charge in [-0.05, 0) is 63.3 Å². The molecule has 2 saturated carbocycles. The number of benzene rings is 2. The summed E-state index contributed by atoms with van der Waals surface area (Å²) in [7, 11) is 0. The van der Waals surface area contributed by atoms with Gasteiger partial charge in [0.15, 0.2) is 0 Å². The fourth-order valence-electron chi connectivity index (χ4n) is 5.61. The molecule has 210 valence electrons. The molecule has 0 aliphatic heterocycles. The number of amides is 3. The number of anilines is 1. The number of nitrogens with one attached hydrogen (secondary N) is 2. The van der Waals surface area contributed by atoms with E-state index in [1.54, 1.807) is 32.0 Å². The minimum Gasteiger partial charge on any atom is -0.352 e. The average molecular weight is 573 g/mol. The van der Waals surface area contributed by atoms with Crippen molar-refractivity contribution < 1.29 is 14.4 Å². The minimum atomic E-state index is -1.44. The second-order valence-corrected chi connectivity index (χ2v) is 12.2. The molecule has 8 heteroatoms. The van der Waals surface area contributed by atoms with Crippen LogP contribution >= 0.6 is 23.2 Å². The summed E-state index contributed by atoms with van der Waals surface area (Å²) in [5.41, 5.74) is -0.392. The topological polar surface area (TPSA) is 78.5 Å². The molecule has 1 atom stereocenters. The van der Waals surface area contributed by atoms with Crippen LogP contribution in [0.4, 0.5) is 5.69 Å². The van der Waals surface area contributed by atoms with Crippen LogP contribution in [-0.4, -0.2) is 29.8 Å². The quantitative estimate of drug-likeness (QED) is 0.335. The Morgan fingerprint density at radius 1 is 0.795 bits per heavy atom. The van der Waals surface area contributed by atoms with Gasteiger partial charge in [0, 0.05) is 17.8 Å². The van der Waals surface area contributed by atoms with E-state index in [1.807, 2.05) is 30.3 Å². The molecule has 2 aliphatic rings. The highest BCUT2D eigenvalue weighted by atomic mass is 35.5. The van der Waals surface area contributed by atoms with Crippen molar-refractivity contribution in [2.75, 3.05) is 4.90 Å². The molecule has 2 aromatic carbocycles. The fraction of sp³-hybridized carbons (Fsp3) is 0.516. The van der Waals surface area contributed by atoms with Crippen molar-refractivity contribution in [1.82, 2.24) is 10.6 Å². The molecule has 4 rings (SSSR count). The predicted molar refractivity (Wildman–Crippen MR) is 157 cm³/mol. The van der Waals surface area contributed by atoms with Crippen LogP contribution in [0.15, 0.2) is 48.5 Å². The number of carbonyl (C=O) groups excluding carboxylic acids is 3. The standard InChI is InChI=1S/C31H39Cl2N3O3/c1-31(2,29(38)35-23-16-10-5-11-17-23)30(39)36(24-18-19-25(32)26(33)20-24)27(21-12-6-3-7-13-21)28(37)34-22-14-8-4-9-15-22/h3,6-7,12-13,18-20,22-23,27H,4-5,8-11,14-17H2,1-2H3,(H,34,37)(H,35,38). The van der Waals surface area contributed by atoms with Gasteiger partial charge < -0.3 is 10.6 Å². The highest BCUT2D eigenvalue weighted by Crippen LogP contribution is 2.36. The Kier molecular flexibility index (Phi) is 9.95. The van der Waals surface area contributed by atoms with E-state index in [4.69, 9.17) is 23.2 Å². The first-order chi connectivity index (χ1) is 18.7. The van der Waals surface area contributed by atoms with Crippen molar-refractivity contribution in [3.63, 3.8) is 0 Å². The summed E-state index contributed by atoms with van der Waals surface area (Å²) in [6, 6.07) is 13.2. The molecular weight excluding hydrogens is 533 g/mol. The lowest BCUT2D eigenvalue weighted by atomic mass is 9.86. The molecular formula is C31H39Cl2N3O3. The predicted octanol–water partition coefficient (Wildman–Crippen LogP) is 6.99. The van der Waals surface area contributed by atoms with Crippen LogP contribution in [0.3, 0.4) is 0 Å². The molecule has 0 aromatic heterocycles. The van der Waals surface area contributed by atoms with Crippen LogP contribution in [0.1, 0.15) is 89.7 Å². The van der Waals surface area contributed by atoms with Crippen molar-refractivity contribution in [3.8, 4) is 0 Å². The zero-order valence-corrected chi connectivity index (χ0v) is 24.4. The number of rotatable bonds is 8. The Balaban J connectivity index is 1.74. The van der Waals surface area contributed by atoms with Crippen LogP contribution in [0.2, 0.25) is 10.0 Å². The Bertz CT molecular complexity index is 1160. The third-order valence-electron chi connectivity index (χ3n) is 8.02. The zero-order chi connectivity index (χ0) is 28.0. The van der Waals surface area contributed by atoms with Crippen molar-refractivity contribution in [1.29, 1.82) is 0 Å². The number of hydrogen-bond donors (Lipinski definition) is 2. The Morgan fingerprint density at radius 3 is 1.92 bits per heavy atom. The van der Waals surface area contributed by atoms with Gasteiger partial charge in [-0.15, -0.1) is 0 Å².